The predicted octanol–water partition coefficient (Wildman–Crippen LogP) is 2.61. The lowest BCUT2D eigenvalue weighted by Gasteiger charge is -2.15. The molecule has 9 nitrogen and oxygen atoms in total. The van der Waals surface area contributed by atoms with Gasteiger partial charge in [-0.05, 0) is 29.8 Å². The summed E-state index contributed by atoms with van der Waals surface area (Å²) in [6.45, 7) is 0.0600. The molecule has 30 heavy (non-hydrogen) atoms. The van der Waals surface area contributed by atoms with E-state index in [1.54, 1.807) is 24.3 Å². The number of nitrogens with two attached hydrogens (primary N) is 1. The number of anilines is 1. The van der Waals surface area contributed by atoms with Gasteiger partial charge in [-0.1, -0.05) is 24.3 Å². The Bertz CT molecular complexity index is 1170. The van der Waals surface area contributed by atoms with Crippen LogP contribution in [0.5, 0.6) is 11.5 Å². The zero-order chi connectivity index (χ0) is 21.8. The molecule has 3 rings (SSSR count). The van der Waals surface area contributed by atoms with Crippen LogP contribution >= 0.6 is 0 Å². The lowest BCUT2D eigenvalue weighted by molar-refractivity contribution is 0.0695. The number of aromatic carboxylic acids is 2. The molecule has 0 unspecified atom stereocenters. The van der Waals surface area contributed by atoms with Crippen molar-refractivity contribution in [1.29, 1.82) is 0 Å². The molecule has 0 saturated heterocycles. The summed E-state index contributed by atoms with van der Waals surface area (Å²) in [5.74, 6) is -2.44. The maximum Gasteiger partial charge on any atom is 0.342 e. The van der Waals surface area contributed by atoms with Crippen molar-refractivity contribution in [2.24, 2.45) is 0 Å². The highest BCUT2D eigenvalue weighted by atomic mass is 16.5. The Kier molecular flexibility index (Phi) is 5.73. The molecular formula is C21H18N2O7. The molecule has 1 aromatic heterocycles. The molecule has 0 saturated carbocycles. The molecule has 0 spiro atoms. The second-order valence-electron chi connectivity index (χ2n) is 6.23. The minimum atomic E-state index is -1.58. The van der Waals surface area contributed by atoms with Crippen LogP contribution in [0, 0.1) is 0 Å². The third kappa shape index (κ3) is 3.95. The van der Waals surface area contributed by atoms with E-state index in [0.29, 0.717) is 17.1 Å². The zero-order valence-corrected chi connectivity index (χ0v) is 15.8. The number of nitrogens with one attached hydrogen (secondary N) is 1. The van der Waals surface area contributed by atoms with Gasteiger partial charge in [-0.3, -0.25) is 4.79 Å². The molecule has 0 amide bonds. The molecular weight excluding hydrogens is 392 g/mol. The van der Waals surface area contributed by atoms with Crippen LogP contribution in [-0.4, -0.2) is 34.2 Å². The van der Waals surface area contributed by atoms with Crippen molar-refractivity contribution in [3.63, 3.8) is 0 Å². The van der Waals surface area contributed by atoms with E-state index in [1.807, 2.05) is 6.07 Å². The number of carboxylic acids is 2. The minimum Gasteiger partial charge on any atom is -0.496 e. The summed E-state index contributed by atoms with van der Waals surface area (Å²) in [6, 6.07) is 13.5. The Morgan fingerprint density at radius 3 is 2.30 bits per heavy atom. The van der Waals surface area contributed by atoms with Crippen LogP contribution in [0.15, 0.2) is 53.3 Å². The summed E-state index contributed by atoms with van der Waals surface area (Å²) in [7, 11) is 1.46. The molecule has 9 heteroatoms. The Labute approximate surface area is 170 Å². The lowest BCUT2D eigenvalue weighted by atomic mass is 9.94. The van der Waals surface area contributed by atoms with Crippen LogP contribution in [-0.2, 0) is 6.61 Å². The average molecular weight is 410 g/mol. The topological polar surface area (TPSA) is 152 Å². The molecule has 0 atom stereocenters. The van der Waals surface area contributed by atoms with Crippen LogP contribution in [0.25, 0.3) is 11.1 Å². The molecule has 0 bridgehead atoms. The molecule has 5 N–H and O–H groups in total. The van der Waals surface area contributed by atoms with Gasteiger partial charge in [-0.25, -0.2) is 9.59 Å². The number of nitrogen functional groups attached to an aromatic ring is 1. The van der Waals surface area contributed by atoms with Crippen molar-refractivity contribution < 1.29 is 29.3 Å². The van der Waals surface area contributed by atoms with Gasteiger partial charge in [0.2, 0.25) is 0 Å². The normalized spacial score (nSPS) is 10.4. The van der Waals surface area contributed by atoms with Crippen molar-refractivity contribution in [2.75, 3.05) is 12.8 Å². The summed E-state index contributed by atoms with van der Waals surface area (Å²) in [5, 5.41) is 19.1. The highest BCUT2D eigenvalue weighted by molar-refractivity contribution is 6.07. The fourth-order valence-electron chi connectivity index (χ4n) is 3.06. The highest BCUT2D eigenvalue weighted by Crippen LogP contribution is 2.33. The number of aromatic amines is 1. The first kappa shape index (κ1) is 20.5. The molecule has 0 radical (unpaired) electrons. The van der Waals surface area contributed by atoms with E-state index in [4.69, 9.17) is 15.2 Å². The van der Waals surface area contributed by atoms with E-state index >= 15 is 0 Å². The second-order valence-corrected chi connectivity index (χ2v) is 6.23. The van der Waals surface area contributed by atoms with Gasteiger partial charge in [0.15, 0.2) is 0 Å². The van der Waals surface area contributed by atoms with Crippen molar-refractivity contribution in [3.8, 4) is 22.6 Å². The largest absolute Gasteiger partial charge is 0.496 e. The van der Waals surface area contributed by atoms with Crippen molar-refractivity contribution in [2.45, 2.75) is 6.61 Å². The molecule has 0 aliphatic rings. The number of pyridine rings is 1. The van der Waals surface area contributed by atoms with E-state index in [-0.39, 0.29) is 17.7 Å². The Balaban J connectivity index is 2.17. The van der Waals surface area contributed by atoms with E-state index in [1.165, 1.54) is 25.3 Å². The molecule has 3 aromatic rings. The Morgan fingerprint density at radius 1 is 1.03 bits per heavy atom. The fourth-order valence-corrected chi connectivity index (χ4v) is 3.06. The number of hydrogen-bond donors (Lipinski definition) is 4. The van der Waals surface area contributed by atoms with Crippen LogP contribution in [0.4, 0.5) is 5.82 Å². The SMILES string of the molecule is COc1ccc(-c2c(C(=O)O)c(N)[nH]c(=O)c2C(=O)O)cc1COc1ccccc1. The average Bonchev–Trinajstić information content (AvgIpc) is 2.71. The standard InChI is InChI=1S/C21H18N2O7/c1-29-14-8-7-11(9-12(14)10-30-13-5-3-2-4-6-13)15-16(20(25)26)18(22)23-19(24)17(15)21(27)28/h2-9H,10H2,1H3,(H,25,26)(H,27,28)(H3,22,23,24). The minimum absolute atomic E-state index is 0.0600. The molecule has 0 aliphatic carbocycles. The number of hydrogen-bond acceptors (Lipinski definition) is 6. The van der Waals surface area contributed by atoms with Gasteiger partial charge in [0, 0.05) is 11.1 Å². The zero-order valence-electron chi connectivity index (χ0n) is 15.8. The quantitative estimate of drug-likeness (QED) is 0.464. The number of rotatable bonds is 7. The number of aromatic nitrogens is 1. The van der Waals surface area contributed by atoms with Crippen molar-refractivity contribution in [1.82, 2.24) is 4.98 Å². The van der Waals surface area contributed by atoms with Gasteiger partial charge < -0.3 is 30.4 Å². The number of benzene rings is 2. The first-order valence-corrected chi connectivity index (χ1v) is 8.71. The highest BCUT2D eigenvalue weighted by Gasteiger charge is 2.27. The van der Waals surface area contributed by atoms with E-state index in [0.717, 1.165) is 0 Å². The Morgan fingerprint density at radius 2 is 1.70 bits per heavy atom. The van der Waals surface area contributed by atoms with E-state index < -0.39 is 34.4 Å². The number of methoxy groups -OCH3 is 1. The van der Waals surface area contributed by atoms with Gasteiger partial charge in [0.25, 0.3) is 5.56 Å². The van der Waals surface area contributed by atoms with Gasteiger partial charge in [0.05, 0.1) is 7.11 Å². The van der Waals surface area contributed by atoms with Crippen LogP contribution in [0.3, 0.4) is 0 Å². The predicted molar refractivity (Wildman–Crippen MR) is 108 cm³/mol. The fraction of sp³-hybridized carbons (Fsp3) is 0.0952. The molecule has 2 aromatic carbocycles. The van der Waals surface area contributed by atoms with Gasteiger partial charge >= 0.3 is 11.9 Å². The number of para-hydroxylation sites is 1. The lowest BCUT2D eigenvalue weighted by Crippen LogP contribution is -2.24. The van der Waals surface area contributed by atoms with Crippen molar-refractivity contribution in [3.05, 3.63) is 75.6 Å². The first-order valence-electron chi connectivity index (χ1n) is 8.71. The second kappa shape index (κ2) is 8.39. The summed E-state index contributed by atoms with van der Waals surface area (Å²) in [5.41, 5.74) is 3.85. The summed E-state index contributed by atoms with van der Waals surface area (Å²) >= 11 is 0. The van der Waals surface area contributed by atoms with E-state index in [2.05, 4.69) is 4.98 Å². The van der Waals surface area contributed by atoms with Crippen LogP contribution in [0.2, 0.25) is 0 Å². The maximum absolute atomic E-state index is 12.2. The third-order valence-corrected chi connectivity index (χ3v) is 4.38. The number of H-pyrrole nitrogens is 1. The third-order valence-electron chi connectivity index (χ3n) is 4.38. The summed E-state index contributed by atoms with van der Waals surface area (Å²) in [6.07, 6.45) is 0. The number of carbonyl (C=O) groups is 2. The molecule has 1 heterocycles. The molecule has 0 fully saturated rings. The number of carboxylic acid groups (broad SMARTS) is 2. The van der Waals surface area contributed by atoms with Crippen molar-refractivity contribution >= 4 is 17.8 Å². The monoisotopic (exact) mass is 410 g/mol. The van der Waals surface area contributed by atoms with Crippen LogP contribution in [0.1, 0.15) is 26.3 Å². The van der Waals surface area contributed by atoms with E-state index in [9.17, 15) is 24.6 Å². The molecule has 0 aliphatic heterocycles. The van der Waals surface area contributed by atoms with Gasteiger partial charge in [0.1, 0.15) is 35.1 Å². The summed E-state index contributed by atoms with van der Waals surface area (Å²) in [4.78, 5) is 37.8. The maximum atomic E-state index is 12.2. The van der Waals surface area contributed by atoms with Gasteiger partial charge in [-0.2, -0.15) is 0 Å². The first-order chi connectivity index (χ1) is 14.3. The Hall–Kier alpha value is -4.27. The molecule has 154 valence electrons. The van der Waals surface area contributed by atoms with Gasteiger partial charge in [-0.15, -0.1) is 0 Å². The number of ether oxygens (including phenoxy) is 2. The van der Waals surface area contributed by atoms with Crippen LogP contribution < -0.4 is 20.8 Å². The smallest absolute Gasteiger partial charge is 0.342 e. The summed E-state index contributed by atoms with van der Waals surface area (Å²) < 4.78 is 11.0.